The molecule has 2 heterocycles. The number of hydrogen-bond acceptors (Lipinski definition) is 3. The maximum atomic E-state index is 11.6. The van der Waals surface area contributed by atoms with E-state index in [0.29, 0.717) is 18.1 Å². The molecule has 0 spiro atoms. The normalized spacial score (nSPS) is 20.9. The van der Waals surface area contributed by atoms with Crippen molar-refractivity contribution < 1.29 is 14.3 Å². The number of nitrogens with one attached hydrogen (secondary N) is 1. The van der Waals surface area contributed by atoms with Gasteiger partial charge in [0.05, 0.1) is 22.8 Å². The van der Waals surface area contributed by atoms with Gasteiger partial charge in [-0.25, -0.2) is 0 Å². The molecule has 22 heavy (non-hydrogen) atoms. The molecule has 2 aromatic rings. The summed E-state index contributed by atoms with van der Waals surface area (Å²) < 4.78 is 11.6. The van der Waals surface area contributed by atoms with Crippen molar-refractivity contribution in [2.24, 2.45) is 0 Å². The first kappa shape index (κ1) is 15.4. The number of hydrogen-bond donors (Lipinski definition) is 1. The summed E-state index contributed by atoms with van der Waals surface area (Å²) in [6.45, 7) is 4.05. The molecule has 0 amide bonds. The number of aromatic amines is 1. The van der Waals surface area contributed by atoms with Gasteiger partial charge in [0.1, 0.15) is 0 Å². The first-order chi connectivity index (χ1) is 10.6. The molecular weight excluding hydrogens is 302 g/mol. The molecule has 1 aromatic carbocycles. The molecule has 1 aromatic heterocycles. The Morgan fingerprint density at radius 1 is 1.50 bits per heavy atom. The number of ether oxygens (including phenoxy) is 2. The van der Waals surface area contributed by atoms with Crippen LogP contribution in [0.15, 0.2) is 18.2 Å². The van der Waals surface area contributed by atoms with Crippen molar-refractivity contribution in [2.75, 3.05) is 6.61 Å². The Morgan fingerprint density at radius 3 is 3.05 bits per heavy atom. The molecule has 5 heteroatoms. The zero-order valence-corrected chi connectivity index (χ0v) is 13.6. The smallest absolute Gasteiger partial charge is 0.305 e. The minimum absolute atomic E-state index is 0.339. The third-order valence-electron chi connectivity index (χ3n) is 4.13. The Morgan fingerprint density at radius 2 is 2.32 bits per heavy atom. The van der Waals surface area contributed by atoms with E-state index >= 15 is 0 Å². The van der Waals surface area contributed by atoms with Crippen molar-refractivity contribution in [1.29, 1.82) is 0 Å². The Balaban J connectivity index is 2.17. The quantitative estimate of drug-likeness (QED) is 0.854. The van der Waals surface area contributed by atoms with Crippen LogP contribution in [0.25, 0.3) is 10.9 Å². The molecule has 0 radical (unpaired) electrons. The van der Waals surface area contributed by atoms with Crippen molar-refractivity contribution >= 4 is 28.5 Å². The summed E-state index contributed by atoms with van der Waals surface area (Å²) in [5.41, 5.74) is 2.86. The van der Waals surface area contributed by atoms with Gasteiger partial charge in [0.25, 0.3) is 5.79 Å². The van der Waals surface area contributed by atoms with Gasteiger partial charge in [-0.2, -0.15) is 0 Å². The van der Waals surface area contributed by atoms with Gasteiger partial charge in [-0.05, 0) is 24.5 Å². The van der Waals surface area contributed by atoms with Crippen LogP contribution in [0.4, 0.5) is 0 Å². The van der Waals surface area contributed by atoms with Gasteiger partial charge >= 0.3 is 5.97 Å². The molecule has 1 unspecified atom stereocenters. The Hall–Kier alpha value is -1.52. The molecule has 0 fully saturated rings. The van der Waals surface area contributed by atoms with E-state index in [4.69, 9.17) is 21.1 Å². The van der Waals surface area contributed by atoms with E-state index in [9.17, 15) is 4.79 Å². The number of benzene rings is 1. The fraction of sp³-hybridized carbons (Fsp3) is 0.471. The molecule has 118 valence electrons. The van der Waals surface area contributed by atoms with E-state index < -0.39 is 5.79 Å². The van der Waals surface area contributed by atoms with Crippen LogP contribution in [0.1, 0.15) is 44.4 Å². The second-order valence-electron chi connectivity index (χ2n) is 5.69. The molecule has 1 aliphatic heterocycles. The first-order valence-electron chi connectivity index (χ1n) is 7.70. The largest absolute Gasteiger partial charge is 0.427 e. The number of carbonyl (C=O) groups is 1. The molecule has 0 saturated heterocycles. The summed E-state index contributed by atoms with van der Waals surface area (Å²) in [5.74, 6) is -1.36. The summed E-state index contributed by atoms with van der Waals surface area (Å²) >= 11 is 6.30. The first-order valence-corrected chi connectivity index (χ1v) is 8.08. The van der Waals surface area contributed by atoms with Crippen LogP contribution >= 0.6 is 11.6 Å². The number of rotatable bonds is 4. The lowest BCUT2D eigenvalue weighted by Crippen LogP contribution is -2.39. The van der Waals surface area contributed by atoms with Gasteiger partial charge < -0.3 is 14.5 Å². The summed E-state index contributed by atoms with van der Waals surface area (Å²) in [6, 6.07) is 5.83. The van der Waals surface area contributed by atoms with Crippen LogP contribution in [0, 0.1) is 0 Å². The zero-order valence-electron chi connectivity index (χ0n) is 12.9. The van der Waals surface area contributed by atoms with Crippen LogP contribution in [-0.2, 0) is 26.5 Å². The van der Waals surface area contributed by atoms with Crippen LogP contribution in [-0.4, -0.2) is 17.6 Å². The summed E-state index contributed by atoms with van der Waals surface area (Å²) in [4.78, 5) is 15.0. The minimum atomic E-state index is -1.02. The van der Waals surface area contributed by atoms with Gasteiger partial charge in [0, 0.05) is 18.7 Å². The third kappa shape index (κ3) is 2.50. The van der Waals surface area contributed by atoms with Gasteiger partial charge in [0.15, 0.2) is 0 Å². The summed E-state index contributed by atoms with van der Waals surface area (Å²) in [6.07, 6.45) is 3.34. The molecule has 3 rings (SSSR count). The number of carbonyl (C=O) groups excluding carboxylic acids is 1. The lowest BCUT2D eigenvalue weighted by molar-refractivity contribution is -0.248. The maximum absolute atomic E-state index is 11.6. The van der Waals surface area contributed by atoms with Crippen molar-refractivity contribution in [3.05, 3.63) is 34.5 Å². The van der Waals surface area contributed by atoms with Crippen molar-refractivity contribution in [3.8, 4) is 0 Å². The van der Waals surface area contributed by atoms with E-state index in [-0.39, 0.29) is 5.97 Å². The number of unbranched alkanes of at least 4 members (excludes halogenated alkanes) is 1. The fourth-order valence-corrected chi connectivity index (χ4v) is 3.40. The molecular formula is C17H20ClNO3. The minimum Gasteiger partial charge on any atom is -0.427 e. The Kier molecular flexibility index (Phi) is 4.15. The highest BCUT2D eigenvalue weighted by Gasteiger charge is 2.43. The molecule has 1 atom stereocenters. The Bertz CT molecular complexity index is 709. The molecule has 0 aliphatic carbocycles. The fourth-order valence-electron chi connectivity index (χ4n) is 3.18. The zero-order chi connectivity index (χ0) is 15.7. The predicted molar refractivity (Wildman–Crippen MR) is 85.9 cm³/mol. The van der Waals surface area contributed by atoms with Gasteiger partial charge in [0.2, 0.25) is 0 Å². The molecule has 1 N–H and O–H groups in total. The van der Waals surface area contributed by atoms with Crippen molar-refractivity contribution in [2.45, 2.75) is 45.3 Å². The number of fused-ring (bicyclic) bond motifs is 3. The van der Waals surface area contributed by atoms with Gasteiger partial charge in [-0.15, -0.1) is 0 Å². The second kappa shape index (κ2) is 5.94. The van der Waals surface area contributed by atoms with Gasteiger partial charge in [-0.1, -0.05) is 37.1 Å². The number of halogens is 1. The maximum Gasteiger partial charge on any atom is 0.305 e. The highest BCUT2D eigenvalue weighted by atomic mass is 35.5. The van der Waals surface area contributed by atoms with E-state index in [0.717, 1.165) is 41.4 Å². The van der Waals surface area contributed by atoms with E-state index in [1.807, 2.05) is 18.2 Å². The van der Waals surface area contributed by atoms with Gasteiger partial charge in [-0.3, -0.25) is 4.79 Å². The van der Waals surface area contributed by atoms with Crippen molar-refractivity contribution in [1.82, 2.24) is 4.98 Å². The highest BCUT2D eigenvalue weighted by Crippen LogP contribution is 2.42. The second-order valence-corrected chi connectivity index (χ2v) is 6.10. The van der Waals surface area contributed by atoms with E-state index in [2.05, 4.69) is 11.9 Å². The average molecular weight is 322 g/mol. The monoisotopic (exact) mass is 321 g/mol. The lowest BCUT2D eigenvalue weighted by atomic mass is 9.96. The number of H-pyrrole nitrogens is 1. The standard InChI is InChI=1S/C17H20ClNO3/c1-3-4-9-17(22-11(2)20)16-13(8-10-21-17)12-6-5-7-14(18)15(12)19-16/h5-7,19H,3-4,8-10H2,1-2H3. The van der Waals surface area contributed by atoms with Crippen LogP contribution in [0.5, 0.6) is 0 Å². The molecule has 1 aliphatic rings. The van der Waals surface area contributed by atoms with Crippen LogP contribution in [0.2, 0.25) is 5.02 Å². The number of esters is 1. The van der Waals surface area contributed by atoms with E-state index in [1.165, 1.54) is 6.92 Å². The third-order valence-corrected chi connectivity index (χ3v) is 4.44. The SMILES string of the molecule is CCCCC1(OC(C)=O)OCCc2c1[nH]c1c(Cl)cccc21. The average Bonchev–Trinajstić information content (AvgIpc) is 2.87. The summed E-state index contributed by atoms with van der Waals surface area (Å²) in [7, 11) is 0. The molecule has 0 bridgehead atoms. The predicted octanol–water partition coefficient (Wildman–Crippen LogP) is 4.30. The number of aromatic nitrogens is 1. The molecule has 0 saturated carbocycles. The van der Waals surface area contributed by atoms with Crippen LogP contribution in [0.3, 0.4) is 0 Å². The number of para-hydroxylation sites is 1. The highest BCUT2D eigenvalue weighted by molar-refractivity contribution is 6.35. The molecule has 4 nitrogen and oxygen atoms in total. The lowest BCUT2D eigenvalue weighted by Gasteiger charge is -2.36. The topological polar surface area (TPSA) is 51.3 Å². The van der Waals surface area contributed by atoms with E-state index in [1.54, 1.807) is 0 Å². The van der Waals surface area contributed by atoms with Crippen molar-refractivity contribution in [3.63, 3.8) is 0 Å². The Labute approximate surface area is 134 Å². The summed E-state index contributed by atoms with van der Waals surface area (Å²) in [5, 5.41) is 1.75. The van der Waals surface area contributed by atoms with Crippen LogP contribution < -0.4 is 0 Å².